The lowest BCUT2D eigenvalue weighted by Gasteiger charge is -2.37. The Balaban J connectivity index is 1.48. The summed E-state index contributed by atoms with van der Waals surface area (Å²) >= 11 is 0. The van der Waals surface area contributed by atoms with Crippen molar-refractivity contribution in [3.05, 3.63) is 59.4 Å². The molecule has 0 radical (unpaired) electrons. The molecule has 8 nitrogen and oxygen atoms in total. The van der Waals surface area contributed by atoms with Gasteiger partial charge in [0.15, 0.2) is 6.61 Å². The van der Waals surface area contributed by atoms with E-state index in [9.17, 15) is 14.4 Å². The Hall–Kier alpha value is -3.62. The number of halogens is 1. The predicted molar refractivity (Wildman–Crippen MR) is 114 cm³/mol. The molecule has 0 aromatic heterocycles. The van der Waals surface area contributed by atoms with Gasteiger partial charge in [-0.3, -0.25) is 9.59 Å². The molecule has 1 saturated heterocycles. The highest BCUT2D eigenvalue weighted by atomic mass is 19.1. The number of rotatable bonds is 5. The summed E-state index contributed by atoms with van der Waals surface area (Å²) in [5.74, 6) is -1.37. The highest BCUT2D eigenvalue weighted by Crippen LogP contribution is 2.49. The number of likely N-dealkylation sites (tertiary alicyclic amines) is 1. The van der Waals surface area contributed by atoms with E-state index in [1.807, 2.05) is 30.3 Å². The van der Waals surface area contributed by atoms with Gasteiger partial charge in [-0.2, -0.15) is 0 Å². The fourth-order valence-electron chi connectivity index (χ4n) is 4.43. The first-order chi connectivity index (χ1) is 15.3. The second kappa shape index (κ2) is 8.49. The summed E-state index contributed by atoms with van der Waals surface area (Å²) in [6, 6.07) is 12.1. The zero-order valence-corrected chi connectivity index (χ0v) is 17.7. The van der Waals surface area contributed by atoms with Crippen molar-refractivity contribution < 1.29 is 28.2 Å². The summed E-state index contributed by atoms with van der Waals surface area (Å²) in [6.07, 6.45) is 0.0997. The minimum atomic E-state index is -1.05. The Morgan fingerprint density at radius 1 is 1.16 bits per heavy atom. The van der Waals surface area contributed by atoms with Crippen LogP contribution in [0.25, 0.3) is 0 Å². The molecule has 2 aromatic carbocycles. The molecule has 0 aliphatic carbocycles. The largest absolute Gasteiger partial charge is 0.484 e. The van der Waals surface area contributed by atoms with Gasteiger partial charge in [-0.1, -0.05) is 30.3 Å². The van der Waals surface area contributed by atoms with E-state index in [2.05, 4.69) is 0 Å². The minimum absolute atomic E-state index is 0.124. The Bertz CT molecular complexity index is 1050. The van der Waals surface area contributed by atoms with E-state index in [4.69, 9.17) is 15.2 Å². The molecule has 0 saturated carbocycles. The Labute approximate surface area is 184 Å². The summed E-state index contributed by atoms with van der Waals surface area (Å²) in [5, 5.41) is 0. The third-order valence-corrected chi connectivity index (χ3v) is 6.06. The average molecular weight is 441 g/mol. The Morgan fingerprint density at radius 2 is 1.84 bits per heavy atom. The van der Waals surface area contributed by atoms with E-state index in [1.54, 1.807) is 11.9 Å². The van der Waals surface area contributed by atoms with Gasteiger partial charge >= 0.3 is 6.09 Å². The van der Waals surface area contributed by atoms with E-state index in [1.165, 1.54) is 11.0 Å². The molecule has 4 rings (SSSR count). The van der Waals surface area contributed by atoms with E-state index in [0.717, 1.165) is 11.6 Å². The fraction of sp³-hybridized carbons (Fsp3) is 0.348. The molecule has 0 bridgehead atoms. The van der Waals surface area contributed by atoms with Gasteiger partial charge in [0.1, 0.15) is 18.2 Å². The van der Waals surface area contributed by atoms with Crippen LogP contribution in [0.3, 0.4) is 0 Å². The average Bonchev–Trinajstić information content (AvgIpc) is 2.99. The van der Waals surface area contributed by atoms with E-state index >= 15 is 4.39 Å². The second-order valence-corrected chi connectivity index (χ2v) is 8.03. The number of fused-ring (bicyclic) bond motifs is 2. The van der Waals surface area contributed by atoms with Crippen LogP contribution in [0.2, 0.25) is 0 Å². The minimum Gasteiger partial charge on any atom is -0.484 e. The summed E-state index contributed by atoms with van der Waals surface area (Å²) in [6.45, 7) is 0.313. The molecule has 2 aromatic rings. The van der Waals surface area contributed by atoms with Crippen molar-refractivity contribution in [2.75, 3.05) is 31.6 Å². The van der Waals surface area contributed by atoms with Crippen LogP contribution >= 0.6 is 0 Å². The lowest BCUT2D eigenvalue weighted by molar-refractivity contribution is -0.124. The quantitative estimate of drug-likeness (QED) is 0.767. The number of likely N-dealkylation sites (N-methyl/N-ethyl adjacent to an activating group) is 1. The molecule has 0 unspecified atom stereocenters. The van der Waals surface area contributed by atoms with Gasteiger partial charge in [-0.15, -0.1) is 0 Å². The number of hydrogen-bond donors (Lipinski definition) is 1. The topological polar surface area (TPSA) is 102 Å². The molecule has 1 fully saturated rings. The standard InChI is InChI=1S/C23H24FN3O5/c1-26-18-12-16(31-14-19(25)28)11-17(24)20(18)23(21(26)29)7-9-27(10-8-23)22(30)32-13-15-5-3-2-4-6-15/h2-6,11-12H,7-10,13-14H2,1H3,(H2,25,28). The van der Waals surface area contributed by atoms with Gasteiger partial charge in [0.05, 0.1) is 11.1 Å². The second-order valence-electron chi connectivity index (χ2n) is 8.03. The van der Waals surface area contributed by atoms with Crippen molar-refractivity contribution in [1.82, 2.24) is 4.90 Å². The first-order valence-corrected chi connectivity index (χ1v) is 10.3. The number of piperidine rings is 1. The van der Waals surface area contributed by atoms with Crippen LogP contribution in [-0.4, -0.2) is 49.6 Å². The number of hydrogen-bond acceptors (Lipinski definition) is 5. The van der Waals surface area contributed by atoms with Crippen molar-refractivity contribution >= 4 is 23.6 Å². The molecular weight excluding hydrogens is 417 g/mol. The number of benzene rings is 2. The lowest BCUT2D eigenvalue weighted by atomic mass is 9.73. The maximum atomic E-state index is 15.1. The van der Waals surface area contributed by atoms with Crippen molar-refractivity contribution in [1.29, 1.82) is 0 Å². The number of carbonyl (C=O) groups is 3. The summed E-state index contributed by atoms with van der Waals surface area (Å²) in [5.41, 5.74) is 5.61. The maximum Gasteiger partial charge on any atom is 0.410 e. The molecule has 2 heterocycles. The van der Waals surface area contributed by atoms with E-state index in [0.29, 0.717) is 11.3 Å². The maximum absolute atomic E-state index is 15.1. The Kier molecular flexibility index (Phi) is 5.73. The molecule has 1 spiro atoms. The first-order valence-electron chi connectivity index (χ1n) is 10.3. The normalized spacial score (nSPS) is 16.8. The highest BCUT2D eigenvalue weighted by molar-refractivity contribution is 6.08. The number of nitrogens with two attached hydrogens (primary N) is 1. The molecular formula is C23H24FN3O5. The Morgan fingerprint density at radius 3 is 2.50 bits per heavy atom. The molecule has 32 heavy (non-hydrogen) atoms. The first kappa shape index (κ1) is 21.6. The number of primary amides is 1. The van der Waals surface area contributed by atoms with Gasteiger partial charge in [0, 0.05) is 37.8 Å². The molecule has 2 aliphatic rings. The predicted octanol–water partition coefficient (Wildman–Crippen LogP) is 2.34. The number of ether oxygens (including phenoxy) is 2. The number of nitrogens with zero attached hydrogens (tertiary/aromatic N) is 2. The summed E-state index contributed by atoms with van der Waals surface area (Å²) < 4.78 is 25.7. The third-order valence-electron chi connectivity index (χ3n) is 6.06. The number of amides is 3. The molecule has 2 aliphatic heterocycles. The summed E-state index contributed by atoms with van der Waals surface area (Å²) in [7, 11) is 1.58. The zero-order valence-electron chi connectivity index (χ0n) is 17.7. The SMILES string of the molecule is CN1C(=O)C2(CCN(C(=O)OCc3ccccc3)CC2)c2c(F)cc(OCC(N)=O)cc21. The highest BCUT2D eigenvalue weighted by Gasteiger charge is 2.53. The van der Waals surface area contributed by atoms with Crippen LogP contribution in [0.1, 0.15) is 24.0 Å². The van der Waals surface area contributed by atoms with Crippen LogP contribution in [0.15, 0.2) is 42.5 Å². The fourth-order valence-corrected chi connectivity index (χ4v) is 4.43. The molecule has 0 atom stereocenters. The summed E-state index contributed by atoms with van der Waals surface area (Å²) in [4.78, 5) is 39.6. The van der Waals surface area contributed by atoms with Crippen LogP contribution in [0.5, 0.6) is 5.75 Å². The monoisotopic (exact) mass is 441 g/mol. The molecule has 168 valence electrons. The van der Waals surface area contributed by atoms with Gasteiger partial charge in [-0.25, -0.2) is 9.18 Å². The van der Waals surface area contributed by atoms with Gasteiger partial charge in [-0.05, 0) is 18.4 Å². The van der Waals surface area contributed by atoms with Crippen LogP contribution in [0.4, 0.5) is 14.9 Å². The van der Waals surface area contributed by atoms with E-state index in [-0.39, 0.29) is 50.8 Å². The molecule has 2 N–H and O–H groups in total. The smallest absolute Gasteiger partial charge is 0.410 e. The van der Waals surface area contributed by atoms with Crippen molar-refractivity contribution in [3.8, 4) is 5.75 Å². The lowest BCUT2D eigenvalue weighted by Crippen LogP contribution is -2.50. The third kappa shape index (κ3) is 3.86. The van der Waals surface area contributed by atoms with E-state index < -0.39 is 23.2 Å². The van der Waals surface area contributed by atoms with Crippen LogP contribution in [-0.2, 0) is 26.3 Å². The number of anilines is 1. The van der Waals surface area contributed by atoms with Crippen molar-refractivity contribution in [2.24, 2.45) is 5.73 Å². The van der Waals surface area contributed by atoms with Gasteiger partial charge < -0.3 is 25.0 Å². The number of carbonyl (C=O) groups excluding carboxylic acids is 3. The van der Waals surface area contributed by atoms with Crippen LogP contribution < -0.4 is 15.4 Å². The van der Waals surface area contributed by atoms with Crippen molar-refractivity contribution in [2.45, 2.75) is 24.9 Å². The zero-order chi connectivity index (χ0) is 22.9. The van der Waals surface area contributed by atoms with Crippen LogP contribution in [0, 0.1) is 5.82 Å². The van der Waals surface area contributed by atoms with Gasteiger partial charge in [0.2, 0.25) is 5.91 Å². The molecule has 3 amide bonds. The molecule has 9 heteroatoms. The van der Waals surface area contributed by atoms with Crippen molar-refractivity contribution in [3.63, 3.8) is 0 Å². The van der Waals surface area contributed by atoms with Gasteiger partial charge in [0.25, 0.3) is 5.91 Å².